The highest BCUT2D eigenvalue weighted by molar-refractivity contribution is 7.98. The molecule has 0 unspecified atom stereocenters. The number of thioether (sulfide) groups is 1. The molecule has 0 radical (unpaired) electrons. The van der Waals surface area contributed by atoms with Crippen LogP contribution in [-0.2, 0) is 18.4 Å². The molecule has 0 spiro atoms. The maximum Gasteiger partial charge on any atom is 0.276 e. The number of rotatable bonds is 4. The second-order valence-electron chi connectivity index (χ2n) is 7.29. The molecule has 0 N–H and O–H groups in total. The molecule has 0 bridgehead atoms. The predicted octanol–water partition coefficient (Wildman–Crippen LogP) is 3.71. The summed E-state index contributed by atoms with van der Waals surface area (Å²) in [7, 11) is 0. The molecule has 0 fully saturated rings. The monoisotopic (exact) mass is 366 g/mol. The molecule has 0 amide bonds. The number of hydrogen-bond acceptors (Lipinski definition) is 4. The highest BCUT2D eigenvalue weighted by Gasteiger charge is 2.32. The zero-order chi connectivity index (χ0) is 18.5. The van der Waals surface area contributed by atoms with E-state index in [0.717, 1.165) is 34.9 Å². The summed E-state index contributed by atoms with van der Waals surface area (Å²) >= 11 is 1.56. The maximum atomic E-state index is 12.9. The van der Waals surface area contributed by atoms with Crippen LogP contribution in [0.4, 0.5) is 0 Å². The Morgan fingerprint density at radius 2 is 2.19 bits per heavy atom. The van der Waals surface area contributed by atoms with Gasteiger partial charge in [0.1, 0.15) is 0 Å². The smallest absolute Gasteiger partial charge is 0.267 e. The van der Waals surface area contributed by atoms with E-state index in [2.05, 4.69) is 31.5 Å². The molecule has 3 aromatic heterocycles. The van der Waals surface area contributed by atoms with Crippen LogP contribution in [0.2, 0.25) is 0 Å². The number of aromatic nitrogens is 4. The molecule has 0 saturated carbocycles. The van der Waals surface area contributed by atoms with Crippen LogP contribution in [0.15, 0.2) is 46.9 Å². The molecule has 4 rings (SSSR count). The van der Waals surface area contributed by atoms with Gasteiger partial charge in [0.25, 0.3) is 5.56 Å². The molecule has 1 aliphatic carbocycles. The van der Waals surface area contributed by atoms with Crippen molar-refractivity contribution in [3.8, 4) is 5.82 Å². The topological polar surface area (TPSA) is 52.7 Å². The highest BCUT2D eigenvalue weighted by Crippen LogP contribution is 2.37. The van der Waals surface area contributed by atoms with Crippen molar-refractivity contribution in [3.05, 3.63) is 58.7 Å². The first-order valence-corrected chi connectivity index (χ1v) is 9.96. The Balaban J connectivity index is 2.03. The summed E-state index contributed by atoms with van der Waals surface area (Å²) in [5.74, 6) is 0.769. The standard InChI is InChI=1S/C20H22N4OS/c1-5-10-23-19(25)14-12-21-17(26-4)11-15(14)24(23)16-7-6-13-8-9-20(2,3)18(13)22-16/h5-7,11-12H,1,8-10H2,2-4H3. The van der Waals surface area contributed by atoms with Crippen molar-refractivity contribution in [3.63, 3.8) is 0 Å². The van der Waals surface area contributed by atoms with Crippen molar-refractivity contribution >= 4 is 22.7 Å². The first kappa shape index (κ1) is 17.1. The SMILES string of the molecule is C=CCn1c(=O)c2cnc(SC)cc2n1-c1ccc2c(n1)C(C)(C)CC2. The van der Waals surface area contributed by atoms with Gasteiger partial charge in [-0.25, -0.2) is 19.3 Å². The van der Waals surface area contributed by atoms with Crippen LogP contribution >= 0.6 is 11.8 Å². The quantitative estimate of drug-likeness (QED) is 0.522. The highest BCUT2D eigenvalue weighted by atomic mass is 32.2. The lowest BCUT2D eigenvalue weighted by atomic mass is 9.90. The van der Waals surface area contributed by atoms with Gasteiger partial charge in [0.2, 0.25) is 0 Å². The Labute approximate surface area is 156 Å². The van der Waals surface area contributed by atoms with E-state index < -0.39 is 0 Å². The lowest BCUT2D eigenvalue weighted by molar-refractivity contribution is 0.506. The van der Waals surface area contributed by atoms with E-state index in [9.17, 15) is 4.79 Å². The first-order chi connectivity index (χ1) is 12.5. The molecule has 6 heteroatoms. The third-order valence-electron chi connectivity index (χ3n) is 5.14. The molecule has 26 heavy (non-hydrogen) atoms. The molecular weight excluding hydrogens is 344 g/mol. The minimum absolute atomic E-state index is 0.0594. The van der Waals surface area contributed by atoms with Crippen LogP contribution in [0.25, 0.3) is 16.7 Å². The number of pyridine rings is 2. The molecule has 3 heterocycles. The second-order valence-corrected chi connectivity index (χ2v) is 8.12. The molecule has 0 aliphatic heterocycles. The van der Waals surface area contributed by atoms with E-state index in [1.807, 2.05) is 23.1 Å². The number of allylic oxidation sites excluding steroid dienone is 1. The van der Waals surface area contributed by atoms with Crippen LogP contribution in [0.5, 0.6) is 0 Å². The Hall–Kier alpha value is -2.34. The Morgan fingerprint density at radius 1 is 1.38 bits per heavy atom. The van der Waals surface area contributed by atoms with E-state index in [4.69, 9.17) is 4.98 Å². The van der Waals surface area contributed by atoms with Crippen LogP contribution in [0.3, 0.4) is 0 Å². The van der Waals surface area contributed by atoms with E-state index in [-0.39, 0.29) is 11.0 Å². The number of aryl methyl sites for hydroxylation is 1. The fourth-order valence-electron chi connectivity index (χ4n) is 3.72. The molecular formula is C20H22N4OS. The molecule has 0 atom stereocenters. The van der Waals surface area contributed by atoms with E-state index in [0.29, 0.717) is 11.9 Å². The lowest BCUT2D eigenvalue weighted by Gasteiger charge is -2.19. The van der Waals surface area contributed by atoms with E-state index in [1.54, 1.807) is 28.7 Å². The van der Waals surface area contributed by atoms with Crippen molar-refractivity contribution in [2.75, 3.05) is 6.26 Å². The third kappa shape index (κ3) is 2.51. The van der Waals surface area contributed by atoms with Gasteiger partial charge in [-0.3, -0.25) is 4.79 Å². The van der Waals surface area contributed by atoms with E-state index in [1.165, 1.54) is 5.56 Å². The van der Waals surface area contributed by atoms with Gasteiger partial charge in [0.15, 0.2) is 5.82 Å². The second kappa shape index (κ2) is 6.13. The normalized spacial score (nSPS) is 15.3. The summed E-state index contributed by atoms with van der Waals surface area (Å²) in [6, 6.07) is 6.12. The summed E-state index contributed by atoms with van der Waals surface area (Å²) in [6.07, 6.45) is 7.54. The fourth-order valence-corrected chi connectivity index (χ4v) is 4.11. The van der Waals surface area contributed by atoms with Crippen molar-refractivity contribution in [2.24, 2.45) is 0 Å². The summed E-state index contributed by atoms with van der Waals surface area (Å²) in [5, 5.41) is 1.48. The lowest BCUT2D eigenvalue weighted by Crippen LogP contribution is -2.23. The molecule has 0 aromatic carbocycles. The minimum Gasteiger partial charge on any atom is -0.267 e. The Bertz CT molecular complexity index is 1080. The van der Waals surface area contributed by atoms with Crippen molar-refractivity contribution in [1.29, 1.82) is 0 Å². The average molecular weight is 366 g/mol. The van der Waals surface area contributed by atoms with Gasteiger partial charge < -0.3 is 0 Å². The summed E-state index contributed by atoms with van der Waals surface area (Å²) in [4.78, 5) is 22.2. The molecule has 5 nitrogen and oxygen atoms in total. The van der Waals surface area contributed by atoms with Crippen molar-refractivity contribution < 1.29 is 0 Å². The van der Waals surface area contributed by atoms with Crippen molar-refractivity contribution in [2.45, 2.75) is 43.7 Å². The fraction of sp³-hybridized carbons (Fsp3) is 0.350. The maximum absolute atomic E-state index is 12.9. The molecule has 0 saturated heterocycles. The molecule has 134 valence electrons. The van der Waals surface area contributed by atoms with Gasteiger partial charge in [0, 0.05) is 11.6 Å². The minimum atomic E-state index is -0.0680. The summed E-state index contributed by atoms with van der Waals surface area (Å²) in [6.45, 7) is 8.69. The van der Waals surface area contributed by atoms with Crippen molar-refractivity contribution in [1.82, 2.24) is 19.3 Å². The molecule has 3 aromatic rings. The Kier molecular flexibility index (Phi) is 4.03. The summed E-state index contributed by atoms with van der Waals surface area (Å²) in [5.41, 5.74) is 3.26. The predicted molar refractivity (Wildman–Crippen MR) is 106 cm³/mol. The van der Waals surface area contributed by atoms with Gasteiger partial charge in [0.05, 0.1) is 28.2 Å². The summed E-state index contributed by atoms with van der Waals surface area (Å²) < 4.78 is 3.59. The number of nitrogens with zero attached hydrogens (tertiary/aromatic N) is 4. The van der Waals surface area contributed by atoms with Crippen LogP contribution in [0, 0.1) is 0 Å². The van der Waals surface area contributed by atoms with Crippen LogP contribution in [-0.4, -0.2) is 25.6 Å². The van der Waals surface area contributed by atoms with Gasteiger partial charge >= 0.3 is 0 Å². The van der Waals surface area contributed by atoms with Gasteiger partial charge in [-0.1, -0.05) is 26.0 Å². The van der Waals surface area contributed by atoms with Crippen LogP contribution in [0.1, 0.15) is 31.5 Å². The number of hydrogen-bond donors (Lipinski definition) is 0. The van der Waals surface area contributed by atoms with Gasteiger partial charge in [-0.05, 0) is 36.8 Å². The first-order valence-electron chi connectivity index (χ1n) is 8.73. The Morgan fingerprint density at radius 3 is 2.92 bits per heavy atom. The zero-order valence-corrected chi connectivity index (χ0v) is 16.1. The van der Waals surface area contributed by atoms with Crippen LogP contribution < -0.4 is 5.56 Å². The zero-order valence-electron chi connectivity index (χ0n) is 15.3. The van der Waals surface area contributed by atoms with Gasteiger partial charge in [-0.2, -0.15) is 0 Å². The largest absolute Gasteiger partial charge is 0.276 e. The number of fused-ring (bicyclic) bond motifs is 2. The average Bonchev–Trinajstić information content (AvgIpc) is 3.09. The van der Waals surface area contributed by atoms with E-state index >= 15 is 0 Å². The third-order valence-corrected chi connectivity index (χ3v) is 5.79. The van der Waals surface area contributed by atoms with Gasteiger partial charge in [-0.15, -0.1) is 18.3 Å². The molecule has 1 aliphatic rings.